The number of rotatable bonds is 6. The molecule has 154 valence electrons. The topological polar surface area (TPSA) is 119 Å². The van der Waals surface area contributed by atoms with Gasteiger partial charge in [-0.15, -0.1) is 0 Å². The van der Waals surface area contributed by atoms with Gasteiger partial charge in [0.25, 0.3) is 5.91 Å². The summed E-state index contributed by atoms with van der Waals surface area (Å²) in [4.78, 5) is 35.3. The molecule has 2 amide bonds. The SMILES string of the molecule is CCOC(=O)NC(=O)COC(=O)C1CCCCN1S(=O)(=O)c1ccc(C)cc1. The summed E-state index contributed by atoms with van der Waals surface area (Å²) in [6, 6.07) is 5.34. The first-order chi connectivity index (χ1) is 13.3. The number of nitrogens with one attached hydrogen (secondary N) is 1. The second-order valence-electron chi connectivity index (χ2n) is 6.32. The number of carbonyl (C=O) groups is 3. The molecular formula is C18H24N2O7S. The summed E-state index contributed by atoms with van der Waals surface area (Å²) in [5, 5.41) is 1.90. The Morgan fingerprint density at radius 1 is 1.14 bits per heavy atom. The van der Waals surface area contributed by atoms with E-state index in [-0.39, 0.29) is 18.0 Å². The molecule has 1 aromatic carbocycles. The maximum Gasteiger partial charge on any atom is 0.413 e. The van der Waals surface area contributed by atoms with Crippen LogP contribution in [0.25, 0.3) is 0 Å². The van der Waals surface area contributed by atoms with E-state index in [1.54, 1.807) is 19.1 Å². The number of sulfonamides is 1. The van der Waals surface area contributed by atoms with Gasteiger partial charge in [-0.2, -0.15) is 4.31 Å². The van der Waals surface area contributed by atoms with Crippen LogP contribution in [0, 0.1) is 6.92 Å². The van der Waals surface area contributed by atoms with Gasteiger partial charge < -0.3 is 9.47 Å². The number of piperidine rings is 1. The molecule has 0 radical (unpaired) electrons. The van der Waals surface area contributed by atoms with Gasteiger partial charge in [0.15, 0.2) is 6.61 Å². The van der Waals surface area contributed by atoms with Gasteiger partial charge in [-0.25, -0.2) is 13.2 Å². The molecule has 0 aliphatic carbocycles. The van der Waals surface area contributed by atoms with Crippen LogP contribution in [0.2, 0.25) is 0 Å². The average molecular weight is 412 g/mol. The van der Waals surface area contributed by atoms with Crippen LogP contribution in [0.15, 0.2) is 29.2 Å². The Kier molecular flexibility index (Phi) is 7.53. The van der Waals surface area contributed by atoms with Crippen molar-refractivity contribution in [2.75, 3.05) is 19.8 Å². The highest BCUT2D eigenvalue weighted by atomic mass is 32.2. The van der Waals surface area contributed by atoms with Crippen LogP contribution < -0.4 is 5.32 Å². The van der Waals surface area contributed by atoms with Crippen molar-refractivity contribution in [1.29, 1.82) is 0 Å². The minimum atomic E-state index is -3.88. The monoisotopic (exact) mass is 412 g/mol. The van der Waals surface area contributed by atoms with Crippen LogP contribution in [0.1, 0.15) is 31.7 Å². The molecule has 1 atom stereocenters. The predicted octanol–water partition coefficient (Wildman–Crippen LogP) is 1.35. The fourth-order valence-corrected chi connectivity index (χ4v) is 4.47. The van der Waals surface area contributed by atoms with E-state index in [0.29, 0.717) is 19.3 Å². The Morgan fingerprint density at radius 3 is 2.46 bits per heavy atom. The molecule has 1 N–H and O–H groups in total. The molecule has 10 heteroatoms. The lowest BCUT2D eigenvalue weighted by Crippen LogP contribution is -2.49. The number of hydrogen-bond donors (Lipinski definition) is 1. The molecule has 0 aromatic heterocycles. The Bertz CT molecular complexity index is 821. The van der Waals surface area contributed by atoms with Crippen molar-refractivity contribution in [3.05, 3.63) is 29.8 Å². The number of esters is 1. The van der Waals surface area contributed by atoms with E-state index < -0.39 is 40.6 Å². The van der Waals surface area contributed by atoms with E-state index >= 15 is 0 Å². The second-order valence-corrected chi connectivity index (χ2v) is 8.21. The van der Waals surface area contributed by atoms with Gasteiger partial charge in [-0.05, 0) is 45.2 Å². The summed E-state index contributed by atoms with van der Waals surface area (Å²) >= 11 is 0. The van der Waals surface area contributed by atoms with Crippen molar-refractivity contribution < 1.29 is 32.3 Å². The number of carbonyl (C=O) groups excluding carboxylic acids is 3. The summed E-state index contributed by atoms with van der Waals surface area (Å²) in [5.74, 6) is -1.68. The van der Waals surface area contributed by atoms with Gasteiger partial charge in [0.1, 0.15) is 6.04 Å². The third-order valence-corrected chi connectivity index (χ3v) is 6.14. The first kappa shape index (κ1) is 21.8. The van der Waals surface area contributed by atoms with E-state index in [2.05, 4.69) is 4.74 Å². The van der Waals surface area contributed by atoms with Gasteiger partial charge in [-0.1, -0.05) is 17.7 Å². The number of imide groups is 1. The van der Waals surface area contributed by atoms with Gasteiger partial charge in [0.2, 0.25) is 10.0 Å². The normalized spacial score (nSPS) is 17.6. The minimum Gasteiger partial charge on any atom is -0.454 e. The highest BCUT2D eigenvalue weighted by Gasteiger charge is 2.38. The maximum atomic E-state index is 12.9. The van der Waals surface area contributed by atoms with E-state index in [0.717, 1.165) is 9.87 Å². The molecular weight excluding hydrogens is 388 g/mol. The van der Waals surface area contributed by atoms with Gasteiger partial charge in [-0.3, -0.25) is 14.9 Å². The largest absolute Gasteiger partial charge is 0.454 e. The van der Waals surface area contributed by atoms with E-state index in [4.69, 9.17) is 4.74 Å². The first-order valence-corrected chi connectivity index (χ1v) is 10.4. The molecule has 2 rings (SSSR count). The lowest BCUT2D eigenvalue weighted by molar-refractivity contribution is -0.153. The quantitative estimate of drug-likeness (QED) is 0.701. The summed E-state index contributed by atoms with van der Waals surface area (Å²) in [6.07, 6.45) is 0.640. The number of aryl methyl sites for hydroxylation is 1. The number of benzene rings is 1. The van der Waals surface area contributed by atoms with Crippen molar-refractivity contribution in [1.82, 2.24) is 9.62 Å². The number of ether oxygens (including phenoxy) is 2. The number of alkyl carbamates (subject to hydrolysis) is 1. The predicted molar refractivity (Wildman–Crippen MR) is 98.8 cm³/mol. The molecule has 9 nitrogen and oxygen atoms in total. The van der Waals surface area contributed by atoms with E-state index in [9.17, 15) is 22.8 Å². The zero-order valence-corrected chi connectivity index (χ0v) is 16.7. The molecule has 0 saturated carbocycles. The molecule has 1 heterocycles. The lowest BCUT2D eigenvalue weighted by atomic mass is 10.1. The third kappa shape index (κ3) is 5.52. The second kappa shape index (κ2) is 9.65. The minimum absolute atomic E-state index is 0.0901. The molecule has 1 fully saturated rings. The van der Waals surface area contributed by atoms with Crippen LogP contribution in [0.4, 0.5) is 4.79 Å². The maximum absolute atomic E-state index is 12.9. The molecule has 1 unspecified atom stereocenters. The van der Waals surface area contributed by atoms with Crippen LogP contribution in [0.3, 0.4) is 0 Å². The summed E-state index contributed by atoms with van der Waals surface area (Å²) in [7, 11) is -3.88. The highest BCUT2D eigenvalue weighted by Crippen LogP contribution is 2.26. The van der Waals surface area contributed by atoms with E-state index in [1.165, 1.54) is 12.1 Å². The highest BCUT2D eigenvalue weighted by molar-refractivity contribution is 7.89. The summed E-state index contributed by atoms with van der Waals surface area (Å²) < 4.78 is 36.5. The molecule has 1 saturated heterocycles. The van der Waals surface area contributed by atoms with Crippen molar-refractivity contribution in [2.45, 2.75) is 44.0 Å². The third-order valence-electron chi connectivity index (χ3n) is 4.22. The van der Waals surface area contributed by atoms with Crippen molar-refractivity contribution in [3.63, 3.8) is 0 Å². The molecule has 0 bridgehead atoms. The van der Waals surface area contributed by atoms with Gasteiger partial charge >= 0.3 is 12.1 Å². The summed E-state index contributed by atoms with van der Waals surface area (Å²) in [6.45, 7) is 3.00. The van der Waals surface area contributed by atoms with Crippen LogP contribution in [-0.4, -0.2) is 56.5 Å². The number of hydrogen-bond acceptors (Lipinski definition) is 7. The standard InChI is InChI=1S/C18H24N2O7S/c1-3-26-18(23)19-16(21)12-27-17(22)15-6-4-5-11-20(15)28(24,25)14-9-7-13(2)8-10-14/h7-10,15H,3-6,11-12H2,1-2H3,(H,19,21,23). The fraction of sp³-hybridized carbons (Fsp3) is 0.500. The zero-order chi connectivity index (χ0) is 20.7. The van der Waals surface area contributed by atoms with Gasteiger partial charge in [0, 0.05) is 6.54 Å². The Labute approximate surface area is 164 Å². The van der Waals surface area contributed by atoms with Crippen molar-refractivity contribution in [2.24, 2.45) is 0 Å². The fourth-order valence-electron chi connectivity index (χ4n) is 2.82. The van der Waals surface area contributed by atoms with Gasteiger partial charge in [0.05, 0.1) is 11.5 Å². The lowest BCUT2D eigenvalue weighted by Gasteiger charge is -2.32. The Hall–Kier alpha value is -2.46. The summed E-state index contributed by atoms with van der Waals surface area (Å²) in [5.41, 5.74) is 0.918. The van der Waals surface area contributed by atoms with E-state index in [1.807, 2.05) is 12.2 Å². The van der Waals surface area contributed by atoms with Crippen molar-refractivity contribution >= 4 is 28.0 Å². The average Bonchev–Trinajstić information content (AvgIpc) is 2.66. The molecule has 0 spiro atoms. The molecule has 28 heavy (non-hydrogen) atoms. The molecule has 1 aliphatic heterocycles. The van der Waals surface area contributed by atoms with Crippen molar-refractivity contribution in [3.8, 4) is 0 Å². The van der Waals surface area contributed by atoms with Crippen LogP contribution in [0.5, 0.6) is 0 Å². The van der Waals surface area contributed by atoms with Crippen LogP contribution >= 0.6 is 0 Å². The zero-order valence-electron chi connectivity index (χ0n) is 15.8. The van der Waals surface area contributed by atoms with Crippen LogP contribution in [-0.2, 0) is 29.1 Å². The smallest absolute Gasteiger partial charge is 0.413 e. The Balaban J connectivity index is 2.05. The Morgan fingerprint density at radius 2 is 1.82 bits per heavy atom. The molecule has 1 aromatic rings. The number of nitrogens with zero attached hydrogens (tertiary/aromatic N) is 1. The number of amides is 2. The first-order valence-electron chi connectivity index (χ1n) is 8.97. The molecule has 1 aliphatic rings.